The first-order chi connectivity index (χ1) is 15.3. The molecule has 1 aliphatic rings. The van der Waals surface area contributed by atoms with Crippen LogP contribution in [-0.4, -0.2) is 17.7 Å². The van der Waals surface area contributed by atoms with Crippen LogP contribution in [0, 0.1) is 0 Å². The van der Waals surface area contributed by atoms with Crippen LogP contribution in [-0.2, 0) is 6.54 Å². The van der Waals surface area contributed by atoms with Gasteiger partial charge >= 0.3 is 0 Å². The molecule has 2 heterocycles. The fourth-order valence-electron chi connectivity index (χ4n) is 3.23. The maximum absolute atomic E-state index is 5.48. The van der Waals surface area contributed by atoms with Crippen LogP contribution in [0.25, 0.3) is 11.3 Å². The van der Waals surface area contributed by atoms with Gasteiger partial charge < -0.3 is 9.47 Å². The van der Waals surface area contributed by atoms with Crippen LogP contribution in [0.4, 0.5) is 0 Å². The van der Waals surface area contributed by atoms with E-state index in [1.807, 2.05) is 65.5 Å². The first kappa shape index (κ1) is 19.8. The Balaban J connectivity index is 1.56. The lowest BCUT2D eigenvalue weighted by Crippen LogP contribution is -2.12. The van der Waals surface area contributed by atoms with Crippen LogP contribution >= 0.6 is 27.3 Å². The van der Waals surface area contributed by atoms with Gasteiger partial charge in [0.2, 0.25) is 11.6 Å². The summed E-state index contributed by atoms with van der Waals surface area (Å²) in [6.07, 6.45) is 1.82. The van der Waals surface area contributed by atoms with Crippen molar-refractivity contribution in [2.24, 2.45) is 10.1 Å². The lowest BCUT2D eigenvalue weighted by atomic mass is 10.2. The van der Waals surface area contributed by atoms with Crippen molar-refractivity contribution in [2.45, 2.75) is 6.54 Å². The van der Waals surface area contributed by atoms with E-state index in [2.05, 4.69) is 39.5 Å². The highest BCUT2D eigenvalue weighted by Gasteiger charge is 2.13. The van der Waals surface area contributed by atoms with Gasteiger partial charge in [0.25, 0.3) is 0 Å². The second kappa shape index (κ2) is 8.91. The lowest BCUT2D eigenvalue weighted by Gasteiger charge is -2.06. The molecule has 7 heteroatoms. The molecule has 5 rings (SSSR count). The molecule has 31 heavy (non-hydrogen) atoms. The molecule has 0 radical (unpaired) electrons. The van der Waals surface area contributed by atoms with E-state index in [4.69, 9.17) is 19.6 Å². The Kier molecular flexibility index (Phi) is 5.69. The summed E-state index contributed by atoms with van der Waals surface area (Å²) in [4.78, 5) is 5.66. The normalized spacial score (nSPS) is 13.3. The molecule has 0 saturated heterocycles. The Labute approximate surface area is 192 Å². The first-order valence-electron chi connectivity index (χ1n) is 9.72. The molecule has 1 aromatic heterocycles. The zero-order valence-corrected chi connectivity index (χ0v) is 18.8. The third kappa shape index (κ3) is 4.33. The van der Waals surface area contributed by atoms with Gasteiger partial charge in [-0.25, -0.2) is 4.68 Å². The van der Waals surface area contributed by atoms with E-state index >= 15 is 0 Å². The predicted octanol–water partition coefficient (Wildman–Crippen LogP) is 5.69. The smallest absolute Gasteiger partial charge is 0.231 e. The predicted molar refractivity (Wildman–Crippen MR) is 127 cm³/mol. The van der Waals surface area contributed by atoms with Crippen LogP contribution in [0.1, 0.15) is 11.1 Å². The van der Waals surface area contributed by atoms with Crippen molar-refractivity contribution in [3.63, 3.8) is 0 Å². The second-order valence-electron chi connectivity index (χ2n) is 6.85. The standard InChI is InChI=1S/C24H18BrN3O2S/c25-20-9-5-4-8-19(20)21-15-31-24(26-13-17-6-2-1-3-7-17)28(21)27-14-18-10-11-22-23(12-18)30-16-29-22/h1-12,14-15H,13,16H2. The Bertz CT molecular complexity index is 1310. The van der Waals surface area contributed by atoms with Gasteiger partial charge in [0.1, 0.15) is 0 Å². The topological polar surface area (TPSA) is 48.1 Å². The molecule has 0 saturated carbocycles. The molecule has 5 nitrogen and oxygen atoms in total. The van der Waals surface area contributed by atoms with Crippen LogP contribution in [0.3, 0.4) is 0 Å². The van der Waals surface area contributed by atoms with Crippen molar-refractivity contribution in [3.8, 4) is 22.8 Å². The van der Waals surface area contributed by atoms with Gasteiger partial charge in [-0.15, -0.1) is 11.3 Å². The summed E-state index contributed by atoms with van der Waals surface area (Å²) in [5.41, 5.74) is 4.11. The van der Waals surface area contributed by atoms with Gasteiger partial charge in [0.15, 0.2) is 11.5 Å². The monoisotopic (exact) mass is 491 g/mol. The minimum absolute atomic E-state index is 0.254. The highest BCUT2D eigenvalue weighted by molar-refractivity contribution is 9.10. The van der Waals surface area contributed by atoms with Crippen molar-refractivity contribution in [1.29, 1.82) is 0 Å². The van der Waals surface area contributed by atoms with Gasteiger partial charge in [-0.05, 0) is 35.4 Å². The SMILES string of the molecule is Brc1ccccc1-c1csc(=NCc2ccccc2)n1N=Cc1ccc2c(c1)OCO2. The minimum Gasteiger partial charge on any atom is -0.454 e. The molecule has 0 fully saturated rings. The van der Waals surface area contributed by atoms with Crippen molar-refractivity contribution >= 4 is 33.5 Å². The highest BCUT2D eigenvalue weighted by Crippen LogP contribution is 2.32. The van der Waals surface area contributed by atoms with Gasteiger partial charge in [0, 0.05) is 15.4 Å². The summed E-state index contributed by atoms with van der Waals surface area (Å²) in [6.45, 7) is 0.847. The largest absolute Gasteiger partial charge is 0.454 e. The van der Waals surface area contributed by atoms with E-state index in [1.54, 1.807) is 11.3 Å². The third-order valence-electron chi connectivity index (χ3n) is 4.79. The van der Waals surface area contributed by atoms with Crippen molar-refractivity contribution in [2.75, 3.05) is 6.79 Å². The number of thiazole rings is 1. The van der Waals surface area contributed by atoms with Crippen LogP contribution in [0.2, 0.25) is 0 Å². The summed E-state index contributed by atoms with van der Waals surface area (Å²) in [7, 11) is 0. The highest BCUT2D eigenvalue weighted by atomic mass is 79.9. The van der Waals surface area contributed by atoms with Crippen molar-refractivity contribution in [3.05, 3.63) is 98.6 Å². The van der Waals surface area contributed by atoms with Crippen LogP contribution < -0.4 is 14.3 Å². The Morgan fingerprint density at radius 2 is 1.77 bits per heavy atom. The molecule has 4 aromatic rings. The van der Waals surface area contributed by atoms with Crippen molar-refractivity contribution < 1.29 is 9.47 Å². The summed E-state index contributed by atoms with van der Waals surface area (Å²) in [6, 6.07) is 24.1. The van der Waals surface area contributed by atoms with E-state index in [-0.39, 0.29) is 6.79 Å². The lowest BCUT2D eigenvalue weighted by molar-refractivity contribution is 0.174. The summed E-state index contributed by atoms with van der Waals surface area (Å²) in [5, 5.41) is 6.87. The third-order valence-corrected chi connectivity index (χ3v) is 6.34. The number of rotatable bonds is 5. The first-order valence-corrected chi connectivity index (χ1v) is 11.4. The number of nitrogens with zero attached hydrogens (tertiary/aromatic N) is 3. The van der Waals surface area contributed by atoms with E-state index in [0.29, 0.717) is 6.54 Å². The molecule has 1 aliphatic heterocycles. The number of hydrogen-bond acceptors (Lipinski definition) is 5. The number of ether oxygens (including phenoxy) is 2. The van der Waals surface area contributed by atoms with E-state index < -0.39 is 0 Å². The maximum Gasteiger partial charge on any atom is 0.231 e. The number of halogens is 1. The van der Waals surface area contributed by atoms with Crippen molar-refractivity contribution in [1.82, 2.24) is 4.68 Å². The van der Waals surface area contributed by atoms with Gasteiger partial charge in [0.05, 0.1) is 18.5 Å². The van der Waals surface area contributed by atoms with Crippen LogP contribution in [0.5, 0.6) is 11.5 Å². The fourth-order valence-corrected chi connectivity index (χ4v) is 4.55. The van der Waals surface area contributed by atoms with E-state index in [1.165, 1.54) is 0 Å². The van der Waals surface area contributed by atoms with Gasteiger partial charge in [-0.3, -0.25) is 4.99 Å². The summed E-state index contributed by atoms with van der Waals surface area (Å²) < 4.78 is 13.8. The van der Waals surface area contributed by atoms with Crippen LogP contribution in [0.15, 0.2) is 92.7 Å². The quantitative estimate of drug-likeness (QED) is 0.336. The Hall–Kier alpha value is -3.16. The summed E-state index contributed by atoms with van der Waals surface area (Å²) in [5.74, 6) is 1.49. The number of hydrogen-bond donors (Lipinski definition) is 0. The number of fused-ring (bicyclic) bond motifs is 1. The molecule has 154 valence electrons. The fraction of sp³-hybridized carbons (Fsp3) is 0.0833. The number of aromatic nitrogens is 1. The molecule has 0 amide bonds. The molecule has 3 aromatic carbocycles. The molecule has 0 atom stereocenters. The molecule has 0 spiro atoms. The average Bonchev–Trinajstić information content (AvgIpc) is 3.43. The van der Waals surface area contributed by atoms with Gasteiger partial charge in [-0.1, -0.05) is 64.5 Å². The van der Waals surface area contributed by atoms with E-state index in [0.717, 1.165) is 43.2 Å². The zero-order chi connectivity index (χ0) is 21.0. The van der Waals surface area contributed by atoms with Gasteiger partial charge in [-0.2, -0.15) is 5.10 Å². The average molecular weight is 492 g/mol. The molecular weight excluding hydrogens is 474 g/mol. The summed E-state index contributed by atoms with van der Waals surface area (Å²) >= 11 is 5.23. The Morgan fingerprint density at radius 1 is 0.968 bits per heavy atom. The molecular formula is C24H18BrN3O2S. The zero-order valence-electron chi connectivity index (χ0n) is 16.4. The molecule has 0 unspecified atom stereocenters. The molecule has 0 bridgehead atoms. The second-order valence-corrected chi connectivity index (χ2v) is 8.55. The molecule has 0 aliphatic carbocycles. The maximum atomic E-state index is 5.48. The minimum atomic E-state index is 0.254. The molecule has 0 N–H and O–H groups in total. The Morgan fingerprint density at radius 3 is 2.65 bits per heavy atom. The number of benzene rings is 3. The van der Waals surface area contributed by atoms with E-state index in [9.17, 15) is 0 Å².